The quantitative estimate of drug-likeness (QED) is 0.286. The van der Waals surface area contributed by atoms with Crippen molar-refractivity contribution in [3.63, 3.8) is 0 Å². The van der Waals surface area contributed by atoms with E-state index in [1.807, 2.05) is 26.8 Å². The van der Waals surface area contributed by atoms with Gasteiger partial charge in [-0.1, -0.05) is 45.4 Å². The van der Waals surface area contributed by atoms with Gasteiger partial charge in [-0.3, -0.25) is 14.4 Å². The van der Waals surface area contributed by atoms with E-state index in [-0.39, 0.29) is 51.9 Å². The normalized spacial score (nSPS) is 44.4. The maximum atomic E-state index is 14.4. The Bertz CT molecular complexity index is 1070. The SMILES string of the molecule is C=C(C)C1CC[C@]2(C)C(C(=O)C=C3[C@@H]4C[C@@](C)(C(=O)O)CC[C@]4(C)CC[C@]32C)[C@@]1(C)CCC(=O)OC(C)C. The van der Waals surface area contributed by atoms with Crippen molar-refractivity contribution in [2.24, 2.45) is 44.8 Å². The summed E-state index contributed by atoms with van der Waals surface area (Å²) in [7, 11) is 0. The highest BCUT2D eigenvalue weighted by molar-refractivity contribution is 5.96. The molecule has 8 atom stereocenters. The van der Waals surface area contributed by atoms with E-state index in [2.05, 4.69) is 41.2 Å². The summed E-state index contributed by atoms with van der Waals surface area (Å²) in [6.07, 6.45) is 8.81. The van der Waals surface area contributed by atoms with E-state index < -0.39 is 16.8 Å². The molecule has 0 radical (unpaired) electrons. The zero-order valence-electron chi connectivity index (χ0n) is 25.0. The number of esters is 1. The molecule has 3 fully saturated rings. The van der Waals surface area contributed by atoms with Crippen LogP contribution in [-0.4, -0.2) is 28.9 Å². The van der Waals surface area contributed by atoms with Crippen LogP contribution < -0.4 is 0 Å². The minimum Gasteiger partial charge on any atom is -0.481 e. The van der Waals surface area contributed by atoms with Crippen LogP contribution in [0.2, 0.25) is 0 Å². The van der Waals surface area contributed by atoms with Crippen molar-refractivity contribution in [1.29, 1.82) is 0 Å². The smallest absolute Gasteiger partial charge is 0.309 e. The number of ether oxygens (including phenoxy) is 1. The predicted octanol–water partition coefficient (Wildman–Crippen LogP) is 7.54. The molecule has 0 aromatic rings. The second kappa shape index (κ2) is 9.34. The summed E-state index contributed by atoms with van der Waals surface area (Å²) >= 11 is 0. The van der Waals surface area contributed by atoms with Crippen molar-refractivity contribution in [2.75, 3.05) is 0 Å². The number of carboxylic acids is 1. The molecule has 212 valence electrons. The first-order valence-corrected chi connectivity index (χ1v) is 14.8. The number of hydrogen-bond donors (Lipinski definition) is 1. The largest absolute Gasteiger partial charge is 0.481 e. The Labute approximate surface area is 229 Å². The van der Waals surface area contributed by atoms with Crippen LogP contribution in [0.15, 0.2) is 23.8 Å². The first-order chi connectivity index (χ1) is 17.4. The molecule has 5 heteroatoms. The minimum absolute atomic E-state index is 0.0304. The Morgan fingerprint density at radius 3 is 2.29 bits per heavy atom. The summed E-state index contributed by atoms with van der Waals surface area (Å²) in [5, 5.41) is 10.1. The lowest BCUT2D eigenvalue weighted by Gasteiger charge is -2.68. The third kappa shape index (κ3) is 4.22. The van der Waals surface area contributed by atoms with Gasteiger partial charge in [0.15, 0.2) is 5.78 Å². The van der Waals surface area contributed by atoms with Crippen LogP contribution in [0.5, 0.6) is 0 Å². The van der Waals surface area contributed by atoms with E-state index in [0.29, 0.717) is 25.7 Å². The topological polar surface area (TPSA) is 80.7 Å². The summed E-state index contributed by atoms with van der Waals surface area (Å²) in [5.74, 6) is -0.718. The molecule has 4 aliphatic carbocycles. The molecular formula is C33H50O5. The number of aliphatic carboxylic acids is 1. The van der Waals surface area contributed by atoms with Gasteiger partial charge in [0.2, 0.25) is 0 Å². The molecule has 2 unspecified atom stereocenters. The minimum atomic E-state index is -0.757. The maximum absolute atomic E-state index is 14.4. The fourth-order valence-corrected chi connectivity index (χ4v) is 9.59. The Kier molecular flexibility index (Phi) is 7.15. The second-order valence-corrected chi connectivity index (χ2v) is 14.9. The summed E-state index contributed by atoms with van der Waals surface area (Å²) in [4.78, 5) is 39.3. The lowest BCUT2D eigenvalue weighted by Crippen LogP contribution is -2.63. The third-order valence-electron chi connectivity index (χ3n) is 12.2. The molecule has 4 rings (SSSR count). The lowest BCUT2D eigenvalue weighted by molar-refractivity contribution is -0.168. The fourth-order valence-electron chi connectivity index (χ4n) is 9.59. The molecule has 3 saturated carbocycles. The molecule has 4 aliphatic rings. The highest BCUT2D eigenvalue weighted by Gasteiger charge is 2.68. The van der Waals surface area contributed by atoms with E-state index in [0.717, 1.165) is 37.7 Å². The second-order valence-electron chi connectivity index (χ2n) is 14.9. The predicted molar refractivity (Wildman–Crippen MR) is 149 cm³/mol. The van der Waals surface area contributed by atoms with Crippen molar-refractivity contribution in [3.8, 4) is 0 Å². The maximum Gasteiger partial charge on any atom is 0.309 e. The molecule has 0 amide bonds. The molecule has 0 heterocycles. The molecule has 0 aromatic heterocycles. The van der Waals surface area contributed by atoms with Crippen molar-refractivity contribution in [2.45, 2.75) is 119 Å². The van der Waals surface area contributed by atoms with Crippen molar-refractivity contribution in [3.05, 3.63) is 23.8 Å². The van der Waals surface area contributed by atoms with Crippen LogP contribution >= 0.6 is 0 Å². The van der Waals surface area contributed by atoms with Gasteiger partial charge in [0.25, 0.3) is 0 Å². The Morgan fingerprint density at radius 2 is 1.71 bits per heavy atom. The Balaban J connectivity index is 1.79. The number of carboxylic acid groups (broad SMARTS) is 1. The summed E-state index contributed by atoms with van der Waals surface area (Å²) in [6.45, 7) is 21.2. The summed E-state index contributed by atoms with van der Waals surface area (Å²) in [5.41, 5.74) is 0.703. The monoisotopic (exact) mass is 526 g/mol. The average molecular weight is 527 g/mol. The van der Waals surface area contributed by atoms with Crippen molar-refractivity contribution < 1.29 is 24.2 Å². The van der Waals surface area contributed by atoms with Crippen LogP contribution in [0.1, 0.15) is 113 Å². The average Bonchev–Trinajstić information content (AvgIpc) is 2.79. The van der Waals surface area contributed by atoms with Crippen LogP contribution in [0, 0.1) is 44.8 Å². The van der Waals surface area contributed by atoms with Gasteiger partial charge in [0, 0.05) is 12.3 Å². The zero-order valence-corrected chi connectivity index (χ0v) is 25.0. The van der Waals surface area contributed by atoms with Crippen LogP contribution in [0.4, 0.5) is 0 Å². The molecule has 0 saturated heterocycles. The van der Waals surface area contributed by atoms with Crippen LogP contribution in [0.25, 0.3) is 0 Å². The number of carbonyl (C=O) groups excluding carboxylic acids is 2. The van der Waals surface area contributed by atoms with Crippen molar-refractivity contribution in [1.82, 2.24) is 0 Å². The Morgan fingerprint density at radius 1 is 1.08 bits per heavy atom. The van der Waals surface area contributed by atoms with E-state index in [1.54, 1.807) is 0 Å². The van der Waals surface area contributed by atoms with Gasteiger partial charge in [-0.15, -0.1) is 0 Å². The molecule has 0 aliphatic heterocycles. The standard InChI is InChI=1S/C33H50O5/c1-20(2)22-10-13-33(9)27(31(22,7)12-11-26(35)38-21(3)4)25(34)18-23-24-19-30(6,28(36)37)15-14-29(24,5)16-17-32(23,33)8/h18,21-22,24,27H,1,10-17,19H2,2-9H3,(H,36,37)/t22?,24-,27?,29+,30-,31-,32+,33+/m0/s1. The van der Waals surface area contributed by atoms with E-state index >= 15 is 0 Å². The number of carbonyl (C=O) groups is 3. The number of hydrogen-bond acceptors (Lipinski definition) is 4. The molecule has 1 N–H and O–H groups in total. The first kappa shape index (κ1) is 29.1. The zero-order chi connectivity index (χ0) is 28.5. The highest BCUT2D eigenvalue weighted by Crippen LogP contribution is 2.73. The van der Waals surface area contributed by atoms with E-state index in [4.69, 9.17) is 4.74 Å². The third-order valence-corrected chi connectivity index (χ3v) is 12.2. The van der Waals surface area contributed by atoms with Gasteiger partial charge in [0.1, 0.15) is 0 Å². The molecule has 0 bridgehead atoms. The lowest BCUT2D eigenvalue weighted by atomic mass is 9.35. The van der Waals surface area contributed by atoms with Gasteiger partial charge >= 0.3 is 11.9 Å². The molecule has 0 aromatic carbocycles. The number of allylic oxidation sites excluding steroid dienone is 3. The number of fused-ring (bicyclic) bond motifs is 5. The van der Waals surface area contributed by atoms with Gasteiger partial charge in [-0.05, 0) is 119 Å². The Hall–Kier alpha value is -1.91. The molecular weight excluding hydrogens is 476 g/mol. The van der Waals surface area contributed by atoms with E-state index in [1.165, 1.54) is 5.57 Å². The molecule has 38 heavy (non-hydrogen) atoms. The molecule has 5 nitrogen and oxygen atoms in total. The highest BCUT2D eigenvalue weighted by atomic mass is 16.5. The van der Waals surface area contributed by atoms with Gasteiger partial charge < -0.3 is 9.84 Å². The number of rotatable bonds is 6. The van der Waals surface area contributed by atoms with Gasteiger partial charge in [-0.2, -0.15) is 0 Å². The van der Waals surface area contributed by atoms with Crippen LogP contribution in [0.3, 0.4) is 0 Å². The number of ketones is 1. The summed E-state index contributed by atoms with van der Waals surface area (Å²) < 4.78 is 5.48. The summed E-state index contributed by atoms with van der Waals surface area (Å²) in [6, 6.07) is 0. The van der Waals surface area contributed by atoms with Crippen LogP contribution in [-0.2, 0) is 19.1 Å². The van der Waals surface area contributed by atoms with Gasteiger partial charge in [0.05, 0.1) is 11.5 Å². The first-order valence-electron chi connectivity index (χ1n) is 14.8. The van der Waals surface area contributed by atoms with Gasteiger partial charge in [-0.25, -0.2) is 0 Å². The fraction of sp³-hybridized carbons (Fsp3) is 0.788. The van der Waals surface area contributed by atoms with Crippen molar-refractivity contribution >= 4 is 17.7 Å². The molecule has 0 spiro atoms. The van der Waals surface area contributed by atoms with E-state index in [9.17, 15) is 19.5 Å².